The van der Waals surface area contributed by atoms with Gasteiger partial charge in [-0.2, -0.15) is 4.68 Å². The van der Waals surface area contributed by atoms with Gasteiger partial charge in [0, 0.05) is 94.5 Å². The van der Waals surface area contributed by atoms with Gasteiger partial charge in [0.05, 0.1) is 5.39 Å². The summed E-state index contributed by atoms with van der Waals surface area (Å²) in [5.74, 6) is 0.163. The molecule has 5 aliphatic rings. The Bertz CT molecular complexity index is 2320. The molecule has 5 heterocycles. The number of likely N-dealkylation sites (N-methyl/N-ethyl adjacent to an activating group) is 1. The van der Waals surface area contributed by atoms with E-state index in [0.29, 0.717) is 41.6 Å². The first kappa shape index (κ1) is 41.3. The zero-order valence-electron chi connectivity index (χ0n) is 35.5. The number of aromatic nitrogens is 3. The monoisotopic (exact) mass is 831 g/mol. The predicted molar refractivity (Wildman–Crippen MR) is 232 cm³/mol. The van der Waals surface area contributed by atoms with Crippen LogP contribution in [0.5, 0.6) is 0 Å². The second-order valence-corrected chi connectivity index (χ2v) is 18.1. The van der Waals surface area contributed by atoms with E-state index in [1.165, 1.54) is 16.8 Å². The maximum atomic E-state index is 15.0. The highest BCUT2D eigenvalue weighted by Crippen LogP contribution is 2.42. The number of piperidine rings is 2. The molecule has 0 saturated carbocycles. The minimum atomic E-state index is -0.876. The first-order valence-electron chi connectivity index (χ1n) is 22.3. The molecule has 61 heavy (non-hydrogen) atoms. The Kier molecular flexibility index (Phi) is 12.0. The van der Waals surface area contributed by atoms with Crippen LogP contribution in [0, 0.1) is 11.7 Å². The lowest BCUT2D eigenvalue weighted by Gasteiger charge is -2.38. The Hall–Kier alpha value is -5.05. The fourth-order valence-corrected chi connectivity index (χ4v) is 10.7. The third kappa shape index (κ3) is 8.72. The standard InChI is InChI=1S/C47H58FN9O4/c1-52(2)42-30-56(40-14-10-34-4-3-5-38(48)45(34)40)29-37(42)33-8-11-35(12-9-33)54-26-24-53(25-27-54)21-18-31-19-22-55(23-20-31)44(59)17-7-32-6-13-39-36(28-32)47(61)57(51-50-39)41-15-16-43(58)49-46(41)60/h3-6,8-9,11-13,28,31,37,40-42H,7,10,14-27,29-30H2,1-2H3,(H,49,58,60)/t37-,40?,41?,42+/m1/s1. The van der Waals surface area contributed by atoms with Crippen LogP contribution in [0.3, 0.4) is 0 Å². The average Bonchev–Trinajstić information content (AvgIpc) is 3.92. The first-order chi connectivity index (χ1) is 29.6. The van der Waals surface area contributed by atoms with E-state index >= 15 is 0 Å². The predicted octanol–water partition coefficient (Wildman–Crippen LogP) is 4.31. The second kappa shape index (κ2) is 17.7. The molecule has 1 aromatic heterocycles. The summed E-state index contributed by atoms with van der Waals surface area (Å²) in [5.41, 5.74) is 5.59. The van der Waals surface area contributed by atoms with Crippen LogP contribution >= 0.6 is 0 Å². The maximum absolute atomic E-state index is 15.0. The molecule has 4 aromatic rings. The van der Waals surface area contributed by atoms with Gasteiger partial charge in [0.1, 0.15) is 17.4 Å². The lowest BCUT2D eigenvalue weighted by Crippen LogP contribution is -2.47. The van der Waals surface area contributed by atoms with Crippen LogP contribution in [0.1, 0.15) is 85.2 Å². The minimum absolute atomic E-state index is 0.0543. The number of nitrogens with one attached hydrogen (secondary N) is 1. The number of imide groups is 1. The van der Waals surface area contributed by atoms with Crippen molar-refractivity contribution in [1.82, 2.24) is 39.9 Å². The largest absolute Gasteiger partial charge is 0.369 e. The highest BCUT2D eigenvalue weighted by Gasteiger charge is 2.41. The van der Waals surface area contributed by atoms with Gasteiger partial charge in [0.2, 0.25) is 11.8 Å². The number of aryl methyl sites for hydroxylation is 2. The van der Waals surface area contributed by atoms with Gasteiger partial charge in [-0.3, -0.25) is 34.3 Å². The summed E-state index contributed by atoms with van der Waals surface area (Å²) in [6.45, 7) is 8.65. The van der Waals surface area contributed by atoms with Crippen LogP contribution in [-0.2, 0) is 27.2 Å². The van der Waals surface area contributed by atoms with Gasteiger partial charge < -0.3 is 14.7 Å². The Labute approximate surface area is 356 Å². The van der Waals surface area contributed by atoms with E-state index in [2.05, 4.69) is 79.7 Å². The zero-order chi connectivity index (χ0) is 42.2. The molecule has 3 aromatic carbocycles. The van der Waals surface area contributed by atoms with Gasteiger partial charge in [-0.25, -0.2) is 4.39 Å². The summed E-state index contributed by atoms with van der Waals surface area (Å²) in [6.07, 6.45) is 6.33. The normalized spacial score (nSPS) is 24.2. The lowest BCUT2D eigenvalue weighted by molar-refractivity contribution is -0.136. The summed E-state index contributed by atoms with van der Waals surface area (Å²) in [5, 5.41) is 10.7. The SMILES string of the molecule is CN(C)[C@H]1CN(C2CCc3cccc(F)c32)C[C@@H]1c1ccc(N2CCN(CCC3CCN(C(=O)CCc4ccc5nnn(C6CCC(=O)NC6=O)c(=O)c5c4)CC3)CC2)cc1. The van der Waals surface area contributed by atoms with E-state index in [9.17, 15) is 23.6 Å². The van der Waals surface area contributed by atoms with E-state index in [-0.39, 0.29) is 36.5 Å². The number of benzene rings is 3. The number of hydrogen-bond donors (Lipinski definition) is 1. The van der Waals surface area contributed by atoms with E-state index < -0.39 is 17.5 Å². The van der Waals surface area contributed by atoms with Crippen molar-refractivity contribution in [1.29, 1.82) is 0 Å². The summed E-state index contributed by atoms with van der Waals surface area (Å²) in [6, 6.07) is 19.8. The fraction of sp³-hybridized carbons (Fsp3) is 0.532. The smallest absolute Gasteiger partial charge is 0.278 e. The third-order valence-corrected chi connectivity index (χ3v) is 14.3. The average molecular weight is 832 g/mol. The highest BCUT2D eigenvalue weighted by molar-refractivity contribution is 5.99. The van der Waals surface area contributed by atoms with Crippen LogP contribution < -0.4 is 15.8 Å². The highest BCUT2D eigenvalue weighted by atomic mass is 19.1. The first-order valence-corrected chi connectivity index (χ1v) is 22.3. The molecule has 4 atom stereocenters. The molecule has 13 nitrogen and oxygen atoms in total. The number of halogens is 1. The molecule has 14 heteroatoms. The molecule has 0 bridgehead atoms. The van der Waals surface area contributed by atoms with Crippen molar-refractivity contribution in [3.8, 4) is 0 Å². The van der Waals surface area contributed by atoms with Crippen LogP contribution in [0.15, 0.2) is 65.5 Å². The molecule has 1 aliphatic carbocycles. The topological polar surface area (TPSA) is 127 Å². The van der Waals surface area contributed by atoms with Crippen LogP contribution in [0.2, 0.25) is 0 Å². The fourth-order valence-electron chi connectivity index (χ4n) is 10.7. The van der Waals surface area contributed by atoms with Gasteiger partial charge in [-0.1, -0.05) is 35.5 Å². The number of piperazine rings is 1. The van der Waals surface area contributed by atoms with Gasteiger partial charge in [0.15, 0.2) is 0 Å². The van der Waals surface area contributed by atoms with E-state index in [0.717, 1.165) is 107 Å². The van der Waals surface area contributed by atoms with Crippen molar-refractivity contribution in [2.45, 2.75) is 81.8 Å². The van der Waals surface area contributed by atoms with Crippen LogP contribution in [0.25, 0.3) is 10.9 Å². The van der Waals surface area contributed by atoms with Crippen molar-refractivity contribution in [3.05, 3.63) is 99.1 Å². The van der Waals surface area contributed by atoms with Crippen molar-refractivity contribution in [2.75, 3.05) is 77.9 Å². The molecule has 0 radical (unpaired) electrons. The number of likely N-dealkylation sites (tertiary alicyclic amines) is 2. The molecule has 1 N–H and O–H groups in total. The van der Waals surface area contributed by atoms with Crippen molar-refractivity contribution < 1.29 is 18.8 Å². The number of carbonyl (C=O) groups excluding carboxylic acids is 3. The van der Waals surface area contributed by atoms with Gasteiger partial charge in [0.25, 0.3) is 11.5 Å². The summed E-state index contributed by atoms with van der Waals surface area (Å²) in [4.78, 5) is 62.5. The quantitative estimate of drug-likeness (QED) is 0.219. The van der Waals surface area contributed by atoms with Gasteiger partial charge in [-0.05, 0) is 119 Å². The lowest BCUT2D eigenvalue weighted by atomic mass is 9.93. The number of hydrogen-bond acceptors (Lipinski definition) is 10. The van der Waals surface area contributed by atoms with E-state index in [1.54, 1.807) is 18.2 Å². The van der Waals surface area contributed by atoms with Crippen LogP contribution in [-0.4, -0.2) is 131 Å². The zero-order valence-corrected chi connectivity index (χ0v) is 35.5. The summed E-state index contributed by atoms with van der Waals surface area (Å²) >= 11 is 0. The number of anilines is 1. The number of carbonyl (C=O) groups is 3. The van der Waals surface area contributed by atoms with Gasteiger partial charge >= 0.3 is 0 Å². The minimum Gasteiger partial charge on any atom is -0.369 e. The molecule has 4 aliphatic heterocycles. The molecule has 3 amide bonds. The van der Waals surface area contributed by atoms with Crippen LogP contribution in [0.4, 0.5) is 10.1 Å². The van der Waals surface area contributed by atoms with E-state index in [1.807, 2.05) is 17.0 Å². The molecule has 2 unspecified atom stereocenters. The molecule has 322 valence electrons. The number of amides is 3. The Morgan fingerprint density at radius 2 is 1.64 bits per heavy atom. The number of nitrogens with zero attached hydrogens (tertiary/aromatic N) is 8. The molecule has 9 rings (SSSR count). The Morgan fingerprint density at radius 1 is 0.869 bits per heavy atom. The van der Waals surface area contributed by atoms with Crippen molar-refractivity contribution in [3.63, 3.8) is 0 Å². The van der Waals surface area contributed by atoms with Gasteiger partial charge in [-0.15, -0.1) is 5.10 Å². The number of rotatable bonds is 11. The summed E-state index contributed by atoms with van der Waals surface area (Å²) < 4.78 is 16.0. The maximum Gasteiger partial charge on any atom is 0.278 e. The van der Waals surface area contributed by atoms with E-state index in [4.69, 9.17) is 0 Å². The number of fused-ring (bicyclic) bond motifs is 2. The molecule has 4 saturated heterocycles. The van der Waals surface area contributed by atoms with Crippen molar-refractivity contribution in [2.24, 2.45) is 5.92 Å². The second-order valence-electron chi connectivity index (χ2n) is 18.1. The Balaban J connectivity index is 0.707. The molecular formula is C47H58FN9O4. The third-order valence-electron chi connectivity index (χ3n) is 14.3. The summed E-state index contributed by atoms with van der Waals surface area (Å²) in [7, 11) is 4.35. The Morgan fingerprint density at radius 3 is 2.39 bits per heavy atom. The molecule has 0 spiro atoms. The molecule has 4 fully saturated rings. The molecular weight excluding hydrogens is 774 g/mol. The van der Waals surface area contributed by atoms with Crippen molar-refractivity contribution >= 4 is 34.3 Å².